The van der Waals surface area contributed by atoms with Gasteiger partial charge in [-0.2, -0.15) is 0 Å². The van der Waals surface area contributed by atoms with Crippen LogP contribution in [-0.4, -0.2) is 36.4 Å². The molecule has 0 saturated carbocycles. The fourth-order valence-electron chi connectivity index (χ4n) is 6.67. The van der Waals surface area contributed by atoms with Gasteiger partial charge in [-0.1, -0.05) is 206 Å². The van der Waals surface area contributed by atoms with E-state index in [-0.39, 0.29) is 25.2 Å². The Kier molecular flexibility index (Phi) is 40.9. The first-order valence-corrected chi connectivity index (χ1v) is 22.2. The van der Waals surface area contributed by atoms with Crippen molar-refractivity contribution < 1.29 is 24.2 Å². The number of allylic oxidation sites excluding steroid dienone is 2. The van der Waals surface area contributed by atoms with Crippen LogP contribution < -0.4 is 0 Å². The average molecular weight is 707 g/mol. The van der Waals surface area contributed by atoms with Gasteiger partial charge in [0.15, 0.2) is 6.10 Å². The highest BCUT2D eigenvalue weighted by Gasteiger charge is 2.16. The molecule has 0 aromatic carbocycles. The number of ether oxygens (including phenoxy) is 2. The molecule has 296 valence electrons. The maximum Gasteiger partial charge on any atom is 0.306 e. The Morgan fingerprint density at radius 2 is 0.740 bits per heavy atom. The Labute approximate surface area is 311 Å². The molecule has 0 radical (unpaired) electrons. The molecule has 0 saturated heterocycles. The van der Waals surface area contributed by atoms with Crippen molar-refractivity contribution in [2.24, 2.45) is 0 Å². The SMILES string of the molecule is CCCCCCCC/C=C\CCCCCCCCCCCCCC(=O)O[C@@H](CO)COC(=O)CCCCCCCCCCCCCCCCC. The van der Waals surface area contributed by atoms with Crippen molar-refractivity contribution >= 4 is 11.9 Å². The van der Waals surface area contributed by atoms with Gasteiger partial charge in [-0.25, -0.2) is 0 Å². The van der Waals surface area contributed by atoms with E-state index in [1.165, 1.54) is 186 Å². The molecule has 0 rings (SSSR count). The molecule has 0 unspecified atom stereocenters. The largest absolute Gasteiger partial charge is 0.462 e. The molecule has 1 atom stereocenters. The van der Waals surface area contributed by atoms with Gasteiger partial charge in [-0.3, -0.25) is 9.59 Å². The number of esters is 2. The molecule has 0 aromatic heterocycles. The van der Waals surface area contributed by atoms with E-state index >= 15 is 0 Å². The second kappa shape index (κ2) is 42.1. The maximum atomic E-state index is 12.2. The highest BCUT2D eigenvalue weighted by Crippen LogP contribution is 2.16. The molecule has 0 aliphatic carbocycles. The monoisotopic (exact) mass is 707 g/mol. The molecule has 5 heteroatoms. The number of unbranched alkanes of at least 4 members (excludes halogenated alkanes) is 31. The first-order valence-electron chi connectivity index (χ1n) is 22.2. The minimum atomic E-state index is -0.765. The zero-order valence-electron chi connectivity index (χ0n) is 33.7. The number of carbonyl (C=O) groups is 2. The molecule has 5 nitrogen and oxygen atoms in total. The van der Waals surface area contributed by atoms with Gasteiger partial charge in [-0.05, 0) is 38.5 Å². The van der Waals surface area contributed by atoms with E-state index in [1.54, 1.807) is 0 Å². The molecule has 0 spiro atoms. The number of hydrogen-bond acceptors (Lipinski definition) is 5. The van der Waals surface area contributed by atoms with E-state index in [4.69, 9.17) is 9.47 Å². The second-order valence-corrected chi connectivity index (χ2v) is 15.1. The summed E-state index contributed by atoms with van der Waals surface area (Å²) >= 11 is 0. The van der Waals surface area contributed by atoms with Crippen LogP contribution in [0.3, 0.4) is 0 Å². The highest BCUT2D eigenvalue weighted by atomic mass is 16.6. The lowest BCUT2D eigenvalue weighted by Gasteiger charge is -2.15. The minimum absolute atomic E-state index is 0.0594. The van der Waals surface area contributed by atoms with Crippen LogP contribution in [0, 0.1) is 0 Å². The third-order valence-corrected chi connectivity index (χ3v) is 10.1. The van der Waals surface area contributed by atoms with E-state index in [9.17, 15) is 14.7 Å². The van der Waals surface area contributed by atoms with Gasteiger partial charge in [0.1, 0.15) is 6.61 Å². The Morgan fingerprint density at radius 3 is 1.08 bits per heavy atom. The lowest BCUT2D eigenvalue weighted by atomic mass is 10.0. The topological polar surface area (TPSA) is 72.8 Å². The Morgan fingerprint density at radius 1 is 0.440 bits per heavy atom. The van der Waals surface area contributed by atoms with Crippen molar-refractivity contribution in [3.05, 3.63) is 12.2 Å². The van der Waals surface area contributed by atoms with Crippen molar-refractivity contribution in [2.45, 2.75) is 251 Å². The molecule has 0 aliphatic rings. The number of aliphatic hydroxyl groups excluding tert-OH is 1. The number of carbonyl (C=O) groups excluding carboxylic acids is 2. The van der Waals surface area contributed by atoms with Crippen LogP contribution in [-0.2, 0) is 19.1 Å². The minimum Gasteiger partial charge on any atom is -0.462 e. The van der Waals surface area contributed by atoms with E-state index in [0.717, 1.165) is 32.1 Å². The molecule has 50 heavy (non-hydrogen) atoms. The van der Waals surface area contributed by atoms with E-state index < -0.39 is 6.10 Å². The second-order valence-electron chi connectivity index (χ2n) is 15.1. The Balaban J connectivity index is 3.48. The van der Waals surface area contributed by atoms with Crippen molar-refractivity contribution in [1.82, 2.24) is 0 Å². The molecule has 0 fully saturated rings. The fourth-order valence-corrected chi connectivity index (χ4v) is 6.67. The van der Waals surface area contributed by atoms with Crippen LogP contribution in [0.2, 0.25) is 0 Å². The summed E-state index contributed by atoms with van der Waals surface area (Å²) in [6.45, 7) is 4.16. The lowest BCUT2D eigenvalue weighted by molar-refractivity contribution is -0.161. The predicted molar refractivity (Wildman–Crippen MR) is 215 cm³/mol. The van der Waals surface area contributed by atoms with Gasteiger partial charge in [0, 0.05) is 12.8 Å². The van der Waals surface area contributed by atoms with Crippen LogP contribution >= 0.6 is 0 Å². The zero-order chi connectivity index (χ0) is 36.4. The smallest absolute Gasteiger partial charge is 0.306 e. The third kappa shape index (κ3) is 39.4. The molecule has 0 aromatic rings. The summed E-state index contributed by atoms with van der Waals surface area (Å²) in [5, 5.41) is 9.58. The Bertz CT molecular complexity index is 720. The van der Waals surface area contributed by atoms with Gasteiger partial charge < -0.3 is 14.6 Å². The van der Waals surface area contributed by atoms with Gasteiger partial charge in [0.05, 0.1) is 6.61 Å². The average Bonchev–Trinajstić information content (AvgIpc) is 3.12. The molecular weight excluding hydrogens is 620 g/mol. The predicted octanol–water partition coefficient (Wildman–Crippen LogP) is 14.1. The molecule has 1 N–H and O–H groups in total. The zero-order valence-corrected chi connectivity index (χ0v) is 33.7. The first-order chi connectivity index (χ1) is 24.6. The quantitative estimate of drug-likeness (QED) is 0.0389. The van der Waals surface area contributed by atoms with Crippen LogP contribution in [0.25, 0.3) is 0 Å². The van der Waals surface area contributed by atoms with Crippen molar-refractivity contribution in [3.63, 3.8) is 0 Å². The fraction of sp³-hybridized carbons (Fsp3) is 0.911. The van der Waals surface area contributed by atoms with E-state index in [1.807, 2.05) is 0 Å². The van der Waals surface area contributed by atoms with Crippen molar-refractivity contribution in [3.8, 4) is 0 Å². The summed E-state index contributed by atoms with van der Waals surface area (Å²) in [4.78, 5) is 24.3. The summed E-state index contributed by atoms with van der Waals surface area (Å²) in [5.41, 5.74) is 0. The third-order valence-electron chi connectivity index (χ3n) is 10.1. The number of rotatable bonds is 41. The molecule has 0 bridgehead atoms. The maximum absolute atomic E-state index is 12.2. The molecule has 0 amide bonds. The standard InChI is InChI=1S/C45H86O5/c1-3-5-7-9-11-13-15-17-19-20-21-22-23-24-26-28-30-32-34-36-38-40-45(48)50-43(41-46)42-49-44(47)39-37-35-33-31-29-27-25-18-16-14-12-10-8-6-4-2/h17,19,43,46H,3-16,18,20-42H2,1-2H3/b19-17-/t43-/m0/s1. The van der Waals surface area contributed by atoms with Crippen molar-refractivity contribution in [2.75, 3.05) is 13.2 Å². The van der Waals surface area contributed by atoms with Gasteiger partial charge in [0.25, 0.3) is 0 Å². The lowest BCUT2D eigenvalue weighted by Crippen LogP contribution is -2.28. The molecule has 0 heterocycles. The van der Waals surface area contributed by atoms with E-state index in [2.05, 4.69) is 26.0 Å². The summed E-state index contributed by atoms with van der Waals surface area (Å²) in [6, 6.07) is 0. The first kappa shape index (κ1) is 48.6. The van der Waals surface area contributed by atoms with Gasteiger partial charge >= 0.3 is 11.9 Å². The van der Waals surface area contributed by atoms with Crippen LogP contribution in [0.1, 0.15) is 245 Å². The van der Waals surface area contributed by atoms with Crippen LogP contribution in [0.15, 0.2) is 12.2 Å². The summed E-state index contributed by atoms with van der Waals surface area (Å²) in [6.07, 6.45) is 48.5. The van der Waals surface area contributed by atoms with Gasteiger partial charge in [0.2, 0.25) is 0 Å². The van der Waals surface area contributed by atoms with Gasteiger partial charge in [-0.15, -0.1) is 0 Å². The summed E-state index contributed by atoms with van der Waals surface area (Å²) in [5.74, 6) is -0.577. The molecule has 0 aliphatic heterocycles. The molecular formula is C45H86O5. The summed E-state index contributed by atoms with van der Waals surface area (Å²) in [7, 11) is 0. The van der Waals surface area contributed by atoms with Crippen LogP contribution in [0.5, 0.6) is 0 Å². The Hall–Kier alpha value is -1.36. The van der Waals surface area contributed by atoms with Crippen LogP contribution in [0.4, 0.5) is 0 Å². The normalized spacial score (nSPS) is 12.1. The van der Waals surface area contributed by atoms with Crippen molar-refractivity contribution in [1.29, 1.82) is 0 Å². The number of aliphatic hydroxyl groups is 1. The highest BCUT2D eigenvalue weighted by molar-refractivity contribution is 5.70. The summed E-state index contributed by atoms with van der Waals surface area (Å²) < 4.78 is 10.6. The number of hydrogen-bond donors (Lipinski definition) is 1. The van der Waals surface area contributed by atoms with E-state index in [0.29, 0.717) is 12.8 Å².